The standard InChI is InChI=1S/C14H22N2O3/c1-5-16(6-2)10-13(17)15-11-8-7-9-12(18-3)14(11)19-4/h7-9H,5-6,10H2,1-4H3,(H,15,17). The Kier molecular flexibility index (Phi) is 6.15. The van der Waals surface area contributed by atoms with Crippen LogP contribution in [0.3, 0.4) is 0 Å². The fourth-order valence-corrected chi connectivity index (χ4v) is 1.83. The molecule has 0 radical (unpaired) electrons. The van der Waals surface area contributed by atoms with Crippen molar-refractivity contribution in [3.8, 4) is 11.5 Å². The van der Waals surface area contributed by atoms with Gasteiger partial charge in [0.25, 0.3) is 0 Å². The molecule has 0 saturated heterocycles. The van der Waals surface area contributed by atoms with E-state index in [-0.39, 0.29) is 5.91 Å². The SMILES string of the molecule is CCN(CC)CC(=O)Nc1cccc(OC)c1OC. The van der Waals surface area contributed by atoms with Gasteiger partial charge in [0, 0.05) is 0 Å². The molecular formula is C14H22N2O3. The Morgan fingerprint density at radius 1 is 1.21 bits per heavy atom. The minimum absolute atomic E-state index is 0.0600. The molecule has 1 amide bonds. The Morgan fingerprint density at radius 3 is 2.42 bits per heavy atom. The number of hydrogen-bond acceptors (Lipinski definition) is 4. The van der Waals surface area contributed by atoms with Crippen molar-refractivity contribution in [1.82, 2.24) is 4.90 Å². The molecule has 0 aliphatic rings. The molecule has 1 aromatic carbocycles. The van der Waals surface area contributed by atoms with Gasteiger partial charge in [-0.05, 0) is 25.2 Å². The van der Waals surface area contributed by atoms with E-state index in [0.717, 1.165) is 13.1 Å². The quantitative estimate of drug-likeness (QED) is 0.820. The summed E-state index contributed by atoms with van der Waals surface area (Å²) in [6, 6.07) is 5.40. The van der Waals surface area contributed by atoms with E-state index >= 15 is 0 Å². The lowest BCUT2D eigenvalue weighted by molar-refractivity contribution is -0.117. The third-order valence-corrected chi connectivity index (χ3v) is 2.94. The highest BCUT2D eigenvalue weighted by atomic mass is 16.5. The summed E-state index contributed by atoms with van der Waals surface area (Å²) in [6.07, 6.45) is 0. The van der Waals surface area contributed by atoms with Crippen molar-refractivity contribution in [2.75, 3.05) is 39.2 Å². The number of para-hydroxylation sites is 1. The van der Waals surface area contributed by atoms with Gasteiger partial charge in [-0.25, -0.2) is 0 Å². The van der Waals surface area contributed by atoms with Crippen molar-refractivity contribution < 1.29 is 14.3 Å². The van der Waals surface area contributed by atoms with Gasteiger partial charge in [-0.15, -0.1) is 0 Å². The van der Waals surface area contributed by atoms with Crippen LogP contribution in [0.2, 0.25) is 0 Å². The van der Waals surface area contributed by atoms with Gasteiger partial charge in [-0.1, -0.05) is 19.9 Å². The number of rotatable bonds is 7. The van der Waals surface area contributed by atoms with Gasteiger partial charge in [0.2, 0.25) is 5.91 Å². The first-order valence-corrected chi connectivity index (χ1v) is 6.39. The minimum atomic E-state index is -0.0600. The van der Waals surface area contributed by atoms with Crippen molar-refractivity contribution >= 4 is 11.6 Å². The van der Waals surface area contributed by atoms with Gasteiger partial charge in [-0.2, -0.15) is 0 Å². The Labute approximate surface area is 114 Å². The van der Waals surface area contributed by atoms with E-state index in [1.165, 1.54) is 0 Å². The Morgan fingerprint density at radius 2 is 1.89 bits per heavy atom. The lowest BCUT2D eigenvalue weighted by Gasteiger charge is -2.18. The summed E-state index contributed by atoms with van der Waals surface area (Å²) in [5.74, 6) is 1.08. The molecular weight excluding hydrogens is 244 g/mol. The van der Waals surface area contributed by atoms with Gasteiger partial charge in [-0.3, -0.25) is 9.69 Å². The summed E-state index contributed by atoms with van der Waals surface area (Å²) >= 11 is 0. The fraction of sp³-hybridized carbons (Fsp3) is 0.500. The molecule has 0 spiro atoms. The average molecular weight is 266 g/mol. The highest BCUT2D eigenvalue weighted by Gasteiger charge is 2.13. The average Bonchev–Trinajstić information content (AvgIpc) is 2.44. The molecule has 1 N–H and O–H groups in total. The summed E-state index contributed by atoms with van der Waals surface area (Å²) in [5, 5.41) is 2.85. The summed E-state index contributed by atoms with van der Waals surface area (Å²) in [5.41, 5.74) is 0.624. The van der Waals surface area contributed by atoms with Crippen molar-refractivity contribution in [2.24, 2.45) is 0 Å². The van der Waals surface area contributed by atoms with E-state index in [1.54, 1.807) is 26.4 Å². The second-order valence-corrected chi connectivity index (χ2v) is 4.05. The number of hydrogen-bond donors (Lipinski definition) is 1. The molecule has 19 heavy (non-hydrogen) atoms. The highest BCUT2D eigenvalue weighted by molar-refractivity contribution is 5.94. The number of carbonyl (C=O) groups is 1. The molecule has 0 fully saturated rings. The smallest absolute Gasteiger partial charge is 0.238 e. The van der Waals surface area contributed by atoms with Crippen molar-refractivity contribution in [1.29, 1.82) is 0 Å². The number of nitrogens with one attached hydrogen (secondary N) is 1. The van der Waals surface area contributed by atoms with Crippen LogP contribution in [-0.4, -0.2) is 44.7 Å². The van der Waals surface area contributed by atoms with Gasteiger partial charge >= 0.3 is 0 Å². The van der Waals surface area contributed by atoms with E-state index in [4.69, 9.17) is 9.47 Å². The fourth-order valence-electron chi connectivity index (χ4n) is 1.83. The number of nitrogens with zero attached hydrogens (tertiary/aromatic N) is 1. The number of amides is 1. The zero-order valence-electron chi connectivity index (χ0n) is 12.0. The molecule has 5 nitrogen and oxygen atoms in total. The second kappa shape index (κ2) is 7.63. The van der Waals surface area contributed by atoms with Crippen LogP contribution < -0.4 is 14.8 Å². The van der Waals surface area contributed by atoms with Gasteiger partial charge in [0.1, 0.15) is 0 Å². The number of anilines is 1. The van der Waals surface area contributed by atoms with Gasteiger partial charge in [0.15, 0.2) is 11.5 Å². The number of likely N-dealkylation sites (N-methyl/N-ethyl adjacent to an activating group) is 1. The number of ether oxygens (including phenoxy) is 2. The molecule has 0 atom stereocenters. The zero-order valence-corrected chi connectivity index (χ0v) is 12.0. The van der Waals surface area contributed by atoms with E-state index in [2.05, 4.69) is 5.32 Å². The molecule has 0 aliphatic heterocycles. The number of benzene rings is 1. The molecule has 0 saturated carbocycles. The van der Waals surface area contributed by atoms with Crippen molar-refractivity contribution in [3.63, 3.8) is 0 Å². The number of carbonyl (C=O) groups excluding carboxylic acids is 1. The first kappa shape index (κ1) is 15.3. The maximum Gasteiger partial charge on any atom is 0.238 e. The molecule has 5 heteroatoms. The predicted molar refractivity (Wildman–Crippen MR) is 76.0 cm³/mol. The van der Waals surface area contributed by atoms with E-state index in [9.17, 15) is 4.79 Å². The molecule has 0 heterocycles. The normalized spacial score (nSPS) is 10.4. The lowest BCUT2D eigenvalue weighted by Crippen LogP contribution is -2.33. The Bertz CT molecular complexity index is 417. The predicted octanol–water partition coefficient (Wildman–Crippen LogP) is 1.98. The van der Waals surface area contributed by atoms with E-state index in [1.807, 2.05) is 24.8 Å². The summed E-state index contributed by atoms with van der Waals surface area (Å²) in [6.45, 7) is 6.12. The molecule has 106 valence electrons. The molecule has 1 aromatic rings. The monoisotopic (exact) mass is 266 g/mol. The maximum absolute atomic E-state index is 12.0. The van der Waals surface area contributed by atoms with Crippen LogP contribution in [0, 0.1) is 0 Å². The molecule has 0 aromatic heterocycles. The summed E-state index contributed by atoms with van der Waals surface area (Å²) in [7, 11) is 3.12. The van der Waals surface area contributed by atoms with Crippen molar-refractivity contribution in [2.45, 2.75) is 13.8 Å². The maximum atomic E-state index is 12.0. The highest BCUT2D eigenvalue weighted by Crippen LogP contribution is 2.34. The zero-order chi connectivity index (χ0) is 14.3. The lowest BCUT2D eigenvalue weighted by atomic mass is 10.2. The van der Waals surface area contributed by atoms with Crippen LogP contribution in [0.4, 0.5) is 5.69 Å². The first-order chi connectivity index (χ1) is 9.15. The van der Waals surface area contributed by atoms with E-state index in [0.29, 0.717) is 23.7 Å². The molecule has 0 bridgehead atoms. The van der Waals surface area contributed by atoms with Crippen LogP contribution in [0.15, 0.2) is 18.2 Å². The number of methoxy groups -OCH3 is 2. The first-order valence-electron chi connectivity index (χ1n) is 6.39. The minimum Gasteiger partial charge on any atom is -0.493 e. The Hall–Kier alpha value is -1.75. The van der Waals surface area contributed by atoms with Crippen LogP contribution in [0.25, 0.3) is 0 Å². The topological polar surface area (TPSA) is 50.8 Å². The van der Waals surface area contributed by atoms with Gasteiger partial charge in [0.05, 0.1) is 26.5 Å². The van der Waals surface area contributed by atoms with Gasteiger partial charge < -0.3 is 14.8 Å². The summed E-state index contributed by atoms with van der Waals surface area (Å²) in [4.78, 5) is 14.0. The molecule has 0 aliphatic carbocycles. The van der Waals surface area contributed by atoms with Crippen molar-refractivity contribution in [3.05, 3.63) is 18.2 Å². The largest absolute Gasteiger partial charge is 0.493 e. The summed E-state index contributed by atoms with van der Waals surface area (Å²) < 4.78 is 10.5. The second-order valence-electron chi connectivity index (χ2n) is 4.05. The molecule has 0 unspecified atom stereocenters. The third kappa shape index (κ3) is 4.13. The van der Waals surface area contributed by atoms with E-state index < -0.39 is 0 Å². The van der Waals surface area contributed by atoms with Crippen LogP contribution in [0.5, 0.6) is 11.5 Å². The van der Waals surface area contributed by atoms with Crippen LogP contribution in [0.1, 0.15) is 13.8 Å². The third-order valence-electron chi connectivity index (χ3n) is 2.94. The van der Waals surface area contributed by atoms with Crippen LogP contribution in [-0.2, 0) is 4.79 Å². The molecule has 1 rings (SSSR count). The van der Waals surface area contributed by atoms with Crippen LogP contribution >= 0.6 is 0 Å². The Balaban J connectivity index is 2.79.